The van der Waals surface area contributed by atoms with Gasteiger partial charge in [-0.25, -0.2) is 4.39 Å². The van der Waals surface area contributed by atoms with E-state index in [1.54, 1.807) is 31.4 Å². The highest BCUT2D eigenvalue weighted by Crippen LogP contribution is 2.28. The molecule has 0 aliphatic carbocycles. The van der Waals surface area contributed by atoms with Crippen LogP contribution in [0.1, 0.15) is 12.0 Å². The van der Waals surface area contributed by atoms with Crippen LogP contribution in [0.25, 0.3) is 0 Å². The minimum atomic E-state index is -0.312. The Labute approximate surface area is 157 Å². The largest absolute Gasteiger partial charge is 0.493 e. The summed E-state index contributed by atoms with van der Waals surface area (Å²) < 4.78 is 29.3. The molecule has 0 saturated heterocycles. The average Bonchev–Trinajstić information content (AvgIpc) is 2.67. The van der Waals surface area contributed by atoms with Crippen LogP contribution in [0.5, 0.6) is 17.2 Å². The van der Waals surface area contributed by atoms with Gasteiger partial charge in [0.15, 0.2) is 11.5 Å². The molecule has 0 fully saturated rings. The number of rotatable bonds is 10. The highest BCUT2D eigenvalue weighted by Gasteiger charge is 2.07. The fraction of sp³-hybridized carbons (Fsp3) is 0.300. The van der Waals surface area contributed by atoms with Crippen molar-refractivity contribution in [3.05, 3.63) is 53.8 Å². The van der Waals surface area contributed by atoms with Crippen LogP contribution in [0.4, 0.5) is 4.39 Å². The Hall–Kier alpha value is -3.27. The molecule has 0 aliphatic rings. The maximum atomic E-state index is 12.8. The molecule has 6 nitrogen and oxygen atoms in total. The molecule has 0 unspecified atom stereocenters. The van der Waals surface area contributed by atoms with Gasteiger partial charge in [0, 0.05) is 6.54 Å². The van der Waals surface area contributed by atoms with E-state index in [2.05, 4.69) is 5.32 Å². The summed E-state index contributed by atoms with van der Waals surface area (Å²) in [4.78, 5) is 11.3. The van der Waals surface area contributed by atoms with Crippen molar-refractivity contribution < 1.29 is 23.4 Å². The van der Waals surface area contributed by atoms with Crippen LogP contribution in [-0.4, -0.2) is 32.8 Å². The average molecular weight is 372 g/mol. The Morgan fingerprint density at radius 1 is 1.11 bits per heavy atom. The van der Waals surface area contributed by atoms with Crippen LogP contribution in [0, 0.1) is 17.1 Å². The van der Waals surface area contributed by atoms with Gasteiger partial charge >= 0.3 is 0 Å². The van der Waals surface area contributed by atoms with Crippen LogP contribution >= 0.6 is 0 Å². The van der Waals surface area contributed by atoms with Crippen LogP contribution in [0.3, 0.4) is 0 Å². The fourth-order valence-electron chi connectivity index (χ4n) is 2.31. The molecule has 2 rings (SSSR count). The SMILES string of the molecule is COc1cc(CCNC(=O)CC#N)ccc1OCCOc1ccc(F)cc1. The van der Waals surface area contributed by atoms with Crippen LogP contribution in [0.2, 0.25) is 0 Å². The number of carbonyl (C=O) groups is 1. The van der Waals surface area contributed by atoms with E-state index in [0.717, 1.165) is 5.56 Å². The zero-order chi connectivity index (χ0) is 19.5. The van der Waals surface area contributed by atoms with Crippen molar-refractivity contribution >= 4 is 5.91 Å². The molecule has 0 atom stereocenters. The van der Waals surface area contributed by atoms with Crippen LogP contribution < -0.4 is 19.5 Å². The van der Waals surface area contributed by atoms with Gasteiger partial charge in [-0.1, -0.05) is 6.07 Å². The van der Waals surface area contributed by atoms with Crippen molar-refractivity contribution in [2.45, 2.75) is 12.8 Å². The predicted octanol–water partition coefficient (Wildman–Crippen LogP) is 2.86. The van der Waals surface area contributed by atoms with Crippen LogP contribution in [-0.2, 0) is 11.2 Å². The van der Waals surface area contributed by atoms with E-state index in [-0.39, 0.29) is 18.1 Å². The molecule has 142 valence electrons. The highest BCUT2D eigenvalue weighted by atomic mass is 19.1. The lowest BCUT2D eigenvalue weighted by atomic mass is 10.1. The highest BCUT2D eigenvalue weighted by molar-refractivity contribution is 5.77. The lowest BCUT2D eigenvalue weighted by Gasteiger charge is -2.13. The maximum absolute atomic E-state index is 12.8. The fourth-order valence-corrected chi connectivity index (χ4v) is 2.31. The zero-order valence-electron chi connectivity index (χ0n) is 15.0. The summed E-state index contributed by atoms with van der Waals surface area (Å²) in [7, 11) is 1.55. The number of hydrogen-bond acceptors (Lipinski definition) is 5. The second-order valence-corrected chi connectivity index (χ2v) is 5.57. The minimum absolute atomic E-state index is 0.143. The summed E-state index contributed by atoms with van der Waals surface area (Å²) in [5.41, 5.74) is 0.971. The predicted molar refractivity (Wildman–Crippen MR) is 97.3 cm³/mol. The van der Waals surface area contributed by atoms with Gasteiger partial charge in [-0.2, -0.15) is 5.26 Å². The molecule has 0 heterocycles. The van der Waals surface area contributed by atoms with E-state index in [9.17, 15) is 9.18 Å². The van der Waals surface area contributed by atoms with Crippen molar-refractivity contribution in [3.63, 3.8) is 0 Å². The van der Waals surface area contributed by atoms with Crippen molar-refractivity contribution in [1.82, 2.24) is 5.32 Å². The Bertz CT molecular complexity index is 788. The molecule has 0 spiro atoms. The van der Waals surface area contributed by atoms with Gasteiger partial charge in [0.1, 0.15) is 31.2 Å². The van der Waals surface area contributed by atoms with Gasteiger partial charge in [0.25, 0.3) is 0 Å². The Kier molecular flexibility index (Phi) is 7.92. The van der Waals surface area contributed by atoms with Gasteiger partial charge in [-0.05, 0) is 48.4 Å². The van der Waals surface area contributed by atoms with Crippen molar-refractivity contribution in [2.24, 2.45) is 0 Å². The topological polar surface area (TPSA) is 80.6 Å². The van der Waals surface area contributed by atoms with Gasteiger partial charge < -0.3 is 19.5 Å². The molecule has 0 saturated carbocycles. The van der Waals surface area contributed by atoms with E-state index in [1.807, 2.05) is 12.1 Å². The number of halogens is 1. The third kappa shape index (κ3) is 6.86. The van der Waals surface area contributed by atoms with Crippen LogP contribution in [0.15, 0.2) is 42.5 Å². The van der Waals surface area contributed by atoms with Crippen molar-refractivity contribution in [2.75, 3.05) is 26.9 Å². The van der Waals surface area contributed by atoms with Gasteiger partial charge in [0.05, 0.1) is 13.2 Å². The number of nitrogens with zero attached hydrogens (tertiary/aromatic N) is 1. The second-order valence-electron chi connectivity index (χ2n) is 5.57. The molecule has 7 heteroatoms. The number of methoxy groups -OCH3 is 1. The van der Waals surface area contributed by atoms with E-state index in [0.29, 0.717) is 43.4 Å². The Balaban J connectivity index is 1.80. The molecule has 2 aromatic rings. The molecule has 0 bridgehead atoms. The normalized spacial score (nSPS) is 9.96. The molecule has 1 N–H and O–H groups in total. The number of ether oxygens (including phenoxy) is 3. The Morgan fingerprint density at radius 3 is 2.56 bits per heavy atom. The second kappa shape index (κ2) is 10.7. The molecule has 2 aromatic carbocycles. The number of nitriles is 1. The minimum Gasteiger partial charge on any atom is -0.493 e. The molecule has 0 aromatic heterocycles. The molecular weight excluding hydrogens is 351 g/mol. The standard InChI is InChI=1S/C20H21FN2O4/c1-25-19-14-15(9-11-23-20(24)8-10-22)2-7-18(19)27-13-12-26-17-5-3-16(21)4-6-17/h2-7,14H,8-9,11-13H2,1H3,(H,23,24). The monoisotopic (exact) mass is 372 g/mol. The number of carbonyl (C=O) groups excluding carboxylic acids is 1. The number of nitrogens with one attached hydrogen (secondary N) is 1. The number of amides is 1. The summed E-state index contributed by atoms with van der Waals surface area (Å²) in [6.07, 6.45) is 0.470. The summed E-state index contributed by atoms with van der Waals surface area (Å²) in [6, 6.07) is 13.1. The molecular formula is C20H21FN2O4. The molecule has 0 radical (unpaired) electrons. The number of benzene rings is 2. The quantitative estimate of drug-likeness (QED) is 0.649. The Morgan fingerprint density at radius 2 is 1.85 bits per heavy atom. The lowest BCUT2D eigenvalue weighted by Crippen LogP contribution is -2.24. The van der Waals surface area contributed by atoms with E-state index in [1.165, 1.54) is 12.1 Å². The van der Waals surface area contributed by atoms with Gasteiger partial charge in [0.2, 0.25) is 5.91 Å². The summed E-state index contributed by atoms with van der Waals surface area (Å²) in [5, 5.41) is 11.1. The first-order valence-electron chi connectivity index (χ1n) is 8.44. The number of hydrogen-bond donors (Lipinski definition) is 1. The van der Waals surface area contributed by atoms with Gasteiger partial charge in [-0.15, -0.1) is 0 Å². The first-order chi connectivity index (χ1) is 13.1. The molecule has 27 heavy (non-hydrogen) atoms. The van der Waals surface area contributed by atoms with E-state index < -0.39 is 0 Å². The summed E-state index contributed by atoms with van der Waals surface area (Å²) in [5.74, 6) is 1.13. The van der Waals surface area contributed by atoms with Crippen molar-refractivity contribution in [3.8, 4) is 23.3 Å². The summed E-state index contributed by atoms with van der Waals surface area (Å²) in [6.45, 7) is 1.05. The summed E-state index contributed by atoms with van der Waals surface area (Å²) >= 11 is 0. The third-order valence-corrected chi connectivity index (χ3v) is 3.63. The molecule has 0 aliphatic heterocycles. The first-order valence-corrected chi connectivity index (χ1v) is 8.44. The van der Waals surface area contributed by atoms with E-state index in [4.69, 9.17) is 19.5 Å². The molecule has 1 amide bonds. The smallest absolute Gasteiger partial charge is 0.234 e. The lowest BCUT2D eigenvalue weighted by molar-refractivity contribution is -0.120. The first kappa shape index (κ1) is 20.0. The third-order valence-electron chi connectivity index (χ3n) is 3.63. The maximum Gasteiger partial charge on any atom is 0.234 e. The van der Waals surface area contributed by atoms with E-state index >= 15 is 0 Å². The zero-order valence-corrected chi connectivity index (χ0v) is 15.0. The van der Waals surface area contributed by atoms with Crippen molar-refractivity contribution in [1.29, 1.82) is 5.26 Å². The van der Waals surface area contributed by atoms with Gasteiger partial charge in [-0.3, -0.25) is 4.79 Å².